The number of benzene rings is 1. The first-order valence-electron chi connectivity index (χ1n) is 13.9. The number of pyridine rings is 1. The SMILES string of the molecule is CCOC(=O)OC(C)OC(=O)c1c(-c2ccc(C(=O)N(c3nccc4ccn(C)c34)C3CCCNC3)cc2)cnn1C. The normalized spacial score (nSPS) is 15.7. The minimum absolute atomic E-state index is 0.0579. The number of hydrogen-bond acceptors (Lipinski definition) is 9. The van der Waals surface area contributed by atoms with Crippen molar-refractivity contribution in [2.24, 2.45) is 14.1 Å². The quantitative estimate of drug-likeness (QED) is 0.245. The van der Waals surface area contributed by atoms with Crippen molar-refractivity contribution in [2.75, 3.05) is 24.6 Å². The number of aryl methyl sites for hydroxylation is 2. The van der Waals surface area contributed by atoms with Crippen molar-refractivity contribution in [3.05, 3.63) is 66.2 Å². The molecule has 3 aromatic heterocycles. The molecule has 0 radical (unpaired) electrons. The van der Waals surface area contributed by atoms with E-state index >= 15 is 0 Å². The van der Waals surface area contributed by atoms with Crippen molar-refractivity contribution >= 4 is 34.8 Å². The van der Waals surface area contributed by atoms with E-state index in [9.17, 15) is 14.4 Å². The van der Waals surface area contributed by atoms with E-state index in [1.54, 1.807) is 55.5 Å². The standard InChI is InChI=1S/C30H34N6O6/c1-5-40-30(39)42-19(2)41-29(38)26-24(18-33-35(26)4)20-8-10-22(11-9-20)28(37)36(23-7-6-14-31-17-23)27-25-21(12-15-32-27)13-16-34(25)3/h8-13,15-16,18-19,23,31H,5-7,14,17H2,1-4H3. The Bertz CT molecular complexity index is 1590. The van der Waals surface area contributed by atoms with Gasteiger partial charge in [0.1, 0.15) is 0 Å². The molecule has 1 aliphatic heterocycles. The third-order valence-electron chi connectivity index (χ3n) is 7.22. The molecule has 12 nitrogen and oxygen atoms in total. The Kier molecular flexibility index (Phi) is 8.53. The van der Waals surface area contributed by atoms with Gasteiger partial charge in [-0.3, -0.25) is 14.4 Å². The molecule has 1 aliphatic rings. The van der Waals surface area contributed by atoms with Gasteiger partial charge in [-0.25, -0.2) is 14.6 Å². The van der Waals surface area contributed by atoms with Crippen LogP contribution in [-0.4, -0.2) is 69.4 Å². The third-order valence-corrected chi connectivity index (χ3v) is 7.22. The summed E-state index contributed by atoms with van der Waals surface area (Å²) in [5, 5.41) is 8.64. The summed E-state index contributed by atoms with van der Waals surface area (Å²) in [6.45, 7) is 4.79. The molecular weight excluding hydrogens is 540 g/mol. The molecule has 12 heteroatoms. The van der Waals surface area contributed by atoms with Crippen molar-refractivity contribution in [3.63, 3.8) is 0 Å². The molecule has 2 atom stereocenters. The second-order valence-electron chi connectivity index (χ2n) is 10.1. The van der Waals surface area contributed by atoms with Crippen molar-refractivity contribution < 1.29 is 28.6 Å². The van der Waals surface area contributed by atoms with Gasteiger partial charge < -0.3 is 24.1 Å². The van der Waals surface area contributed by atoms with Crippen molar-refractivity contribution in [1.29, 1.82) is 0 Å². The van der Waals surface area contributed by atoms with Gasteiger partial charge >= 0.3 is 12.1 Å². The summed E-state index contributed by atoms with van der Waals surface area (Å²) in [4.78, 5) is 45.2. The number of aromatic nitrogens is 4. The number of carbonyl (C=O) groups excluding carboxylic acids is 3. The lowest BCUT2D eigenvalue weighted by molar-refractivity contribution is -0.0815. The van der Waals surface area contributed by atoms with Gasteiger partial charge in [-0.2, -0.15) is 5.10 Å². The Hall–Kier alpha value is -4.71. The monoisotopic (exact) mass is 574 g/mol. The zero-order valence-corrected chi connectivity index (χ0v) is 24.1. The number of nitrogens with zero attached hydrogens (tertiary/aromatic N) is 5. The van der Waals surface area contributed by atoms with E-state index in [0.717, 1.165) is 30.3 Å². The first kappa shape index (κ1) is 28.8. The summed E-state index contributed by atoms with van der Waals surface area (Å²) in [5.74, 6) is -0.258. The van der Waals surface area contributed by atoms with Crippen LogP contribution in [0.15, 0.2) is 55.0 Å². The second kappa shape index (κ2) is 12.4. The highest BCUT2D eigenvalue weighted by molar-refractivity contribution is 6.10. The minimum Gasteiger partial charge on any atom is -0.435 e. The summed E-state index contributed by atoms with van der Waals surface area (Å²) in [5.41, 5.74) is 2.73. The van der Waals surface area contributed by atoms with Crippen LogP contribution in [0, 0.1) is 0 Å². The average molecular weight is 575 g/mol. The molecule has 1 aromatic carbocycles. The van der Waals surface area contributed by atoms with Crippen LogP contribution >= 0.6 is 0 Å². The smallest absolute Gasteiger partial charge is 0.435 e. The van der Waals surface area contributed by atoms with E-state index in [0.29, 0.717) is 29.1 Å². The van der Waals surface area contributed by atoms with E-state index < -0.39 is 18.4 Å². The Morgan fingerprint density at radius 1 is 1.12 bits per heavy atom. The van der Waals surface area contributed by atoms with E-state index in [4.69, 9.17) is 14.2 Å². The third kappa shape index (κ3) is 5.84. The first-order chi connectivity index (χ1) is 20.3. The van der Waals surface area contributed by atoms with Crippen LogP contribution in [0.25, 0.3) is 22.0 Å². The van der Waals surface area contributed by atoms with Gasteiger partial charge in [-0.05, 0) is 56.1 Å². The summed E-state index contributed by atoms with van der Waals surface area (Å²) < 4.78 is 18.3. The van der Waals surface area contributed by atoms with E-state index in [2.05, 4.69) is 15.4 Å². The number of ether oxygens (including phenoxy) is 3. The molecule has 1 N–H and O–H groups in total. The van der Waals surface area contributed by atoms with Gasteiger partial charge in [0.2, 0.25) is 6.29 Å². The maximum absolute atomic E-state index is 14.1. The van der Waals surface area contributed by atoms with Gasteiger partial charge in [0.05, 0.1) is 24.4 Å². The predicted molar refractivity (Wildman–Crippen MR) is 155 cm³/mol. The van der Waals surface area contributed by atoms with Crippen LogP contribution in [0.2, 0.25) is 0 Å². The Labute approximate surface area is 243 Å². The molecule has 1 fully saturated rings. The highest BCUT2D eigenvalue weighted by atomic mass is 16.8. The van der Waals surface area contributed by atoms with Crippen LogP contribution in [0.4, 0.5) is 10.6 Å². The lowest BCUT2D eigenvalue weighted by Crippen LogP contribution is -2.49. The van der Waals surface area contributed by atoms with Crippen LogP contribution in [-0.2, 0) is 28.3 Å². The van der Waals surface area contributed by atoms with E-state index in [-0.39, 0.29) is 24.2 Å². The molecule has 4 aromatic rings. The number of esters is 1. The van der Waals surface area contributed by atoms with Gasteiger partial charge in [0, 0.05) is 56.5 Å². The number of amides is 1. The molecular formula is C30H34N6O6. The van der Waals surface area contributed by atoms with Crippen LogP contribution < -0.4 is 10.2 Å². The second-order valence-corrected chi connectivity index (χ2v) is 10.1. The minimum atomic E-state index is -1.16. The largest absolute Gasteiger partial charge is 0.511 e. The number of hydrogen-bond donors (Lipinski definition) is 1. The zero-order chi connectivity index (χ0) is 29.8. The van der Waals surface area contributed by atoms with Crippen LogP contribution in [0.3, 0.4) is 0 Å². The van der Waals surface area contributed by atoms with Gasteiger partial charge in [-0.15, -0.1) is 0 Å². The van der Waals surface area contributed by atoms with Crippen molar-refractivity contribution in [1.82, 2.24) is 24.6 Å². The molecule has 0 spiro atoms. The number of rotatable bonds is 8. The molecule has 4 heterocycles. The highest BCUT2D eigenvalue weighted by Crippen LogP contribution is 2.31. The molecule has 0 saturated carbocycles. The first-order valence-corrected chi connectivity index (χ1v) is 13.9. The van der Waals surface area contributed by atoms with Gasteiger partial charge in [0.15, 0.2) is 11.5 Å². The molecule has 5 rings (SSSR count). The lowest BCUT2D eigenvalue weighted by atomic mass is 10.0. The van der Waals surface area contributed by atoms with Gasteiger partial charge in [-0.1, -0.05) is 12.1 Å². The van der Waals surface area contributed by atoms with Crippen LogP contribution in [0.1, 0.15) is 47.5 Å². The van der Waals surface area contributed by atoms with Crippen molar-refractivity contribution in [2.45, 2.75) is 39.0 Å². The molecule has 1 saturated heterocycles. The average Bonchev–Trinajstić information content (AvgIpc) is 3.56. The fourth-order valence-electron chi connectivity index (χ4n) is 5.23. The summed E-state index contributed by atoms with van der Waals surface area (Å²) in [6, 6.07) is 10.9. The Morgan fingerprint density at radius 2 is 1.90 bits per heavy atom. The zero-order valence-electron chi connectivity index (χ0n) is 24.1. The summed E-state index contributed by atoms with van der Waals surface area (Å²) in [7, 11) is 3.56. The Balaban J connectivity index is 1.42. The molecule has 42 heavy (non-hydrogen) atoms. The predicted octanol–water partition coefficient (Wildman–Crippen LogP) is 4.05. The van der Waals surface area contributed by atoms with Crippen molar-refractivity contribution in [3.8, 4) is 11.1 Å². The Morgan fingerprint density at radius 3 is 2.62 bits per heavy atom. The molecule has 2 unspecified atom stereocenters. The highest BCUT2D eigenvalue weighted by Gasteiger charge is 2.31. The summed E-state index contributed by atoms with van der Waals surface area (Å²) in [6.07, 6.45) is 4.97. The lowest BCUT2D eigenvalue weighted by Gasteiger charge is -2.34. The van der Waals surface area contributed by atoms with E-state index in [1.807, 2.05) is 29.9 Å². The number of piperidine rings is 1. The number of anilines is 1. The molecule has 220 valence electrons. The molecule has 1 amide bonds. The van der Waals surface area contributed by atoms with Crippen LogP contribution in [0.5, 0.6) is 0 Å². The van der Waals surface area contributed by atoms with Gasteiger partial charge in [0.25, 0.3) is 5.91 Å². The molecule has 0 aliphatic carbocycles. The summed E-state index contributed by atoms with van der Waals surface area (Å²) >= 11 is 0. The maximum atomic E-state index is 14.1. The van der Waals surface area contributed by atoms with E-state index in [1.165, 1.54) is 11.6 Å². The number of nitrogens with one attached hydrogen (secondary N) is 1. The topological polar surface area (TPSA) is 130 Å². The fraction of sp³-hybridized carbons (Fsp3) is 0.367. The number of carbonyl (C=O) groups is 3. The molecule has 0 bridgehead atoms. The number of fused-ring (bicyclic) bond motifs is 1. The fourth-order valence-corrected chi connectivity index (χ4v) is 5.23. The maximum Gasteiger partial charge on any atom is 0.511 e.